The van der Waals surface area contributed by atoms with Crippen molar-refractivity contribution in [3.05, 3.63) is 96.7 Å². The molecule has 174 valence electrons. The van der Waals surface area contributed by atoms with Gasteiger partial charge in [0.1, 0.15) is 18.1 Å². The summed E-state index contributed by atoms with van der Waals surface area (Å²) < 4.78 is 38.0. The zero-order chi connectivity index (χ0) is 23.8. The molecule has 0 aliphatic heterocycles. The van der Waals surface area contributed by atoms with E-state index in [0.717, 1.165) is 16.6 Å². The van der Waals surface area contributed by atoms with Gasteiger partial charge in [-0.25, -0.2) is 18.1 Å². The largest absolute Gasteiger partial charge is 0.493 e. The predicted octanol–water partition coefficient (Wildman–Crippen LogP) is 4.48. The number of fused-ring (bicyclic) bond motifs is 1. The Morgan fingerprint density at radius 3 is 2.38 bits per heavy atom. The number of sulfonamides is 1. The number of nitrogens with zero attached hydrogens (tertiary/aromatic N) is 1. The van der Waals surface area contributed by atoms with E-state index in [1.165, 1.54) is 12.1 Å². The minimum Gasteiger partial charge on any atom is -0.493 e. The van der Waals surface area contributed by atoms with Gasteiger partial charge in [-0.1, -0.05) is 48.5 Å². The maximum atomic E-state index is 12.2. The van der Waals surface area contributed by atoms with Crippen molar-refractivity contribution < 1.29 is 22.7 Å². The number of rotatable bonds is 10. The van der Waals surface area contributed by atoms with Gasteiger partial charge in [0, 0.05) is 17.9 Å². The molecule has 0 unspecified atom stereocenters. The van der Waals surface area contributed by atoms with Crippen molar-refractivity contribution in [2.75, 3.05) is 6.61 Å². The lowest BCUT2D eigenvalue weighted by atomic mass is 10.2. The van der Waals surface area contributed by atoms with E-state index < -0.39 is 15.9 Å². The van der Waals surface area contributed by atoms with E-state index in [0.29, 0.717) is 24.5 Å². The van der Waals surface area contributed by atoms with Crippen LogP contribution in [0.4, 0.5) is 0 Å². The predicted molar refractivity (Wildman–Crippen MR) is 129 cm³/mol. The Hall–Kier alpha value is -3.91. The molecule has 1 amide bonds. The fourth-order valence-electron chi connectivity index (χ4n) is 3.28. The first-order chi connectivity index (χ1) is 16.5. The number of nitrogens with one attached hydrogen (secondary N) is 1. The quantitative estimate of drug-likeness (QED) is 0.339. The summed E-state index contributed by atoms with van der Waals surface area (Å²) in [6, 6.07) is 26.8. The molecular formula is C26H24N2O5S. The molecule has 0 radical (unpaired) electrons. The molecule has 0 aliphatic rings. The van der Waals surface area contributed by atoms with Crippen LogP contribution in [0.1, 0.15) is 18.5 Å². The fourth-order valence-corrected chi connectivity index (χ4v) is 4.32. The average Bonchev–Trinajstić information content (AvgIpc) is 2.86. The first-order valence-corrected chi connectivity index (χ1v) is 12.3. The highest BCUT2D eigenvalue weighted by Crippen LogP contribution is 2.21. The molecule has 0 saturated carbocycles. The number of pyridine rings is 1. The maximum absolute atomic E-state index is 12.2. The number of carbonyl (C=O) groups is 1. The van der Waals surface area contributed by atoms with E-state index in [9.17, 15) is 13.2 Å². The van der Waals surface area contributed by atoms with Gasteiger partial charge in [0.15, 0.2) is 0 Å². The molecule has 0 atom stereocenters. The molecule has 0 aliphatic carbocycles. The van der Waals surface area contributed by atoms with E-state index in [1.54, 1.807) is 30.3 Å². The summed E-state index contributed by atoms with van der Waals surface area (Å²) in [7, 11) is -3.86. The van der Waals surface area contributed by atoms with E-state index in [4.69, 9.17) is 9.47 Å². The molecule has 0 bridgehead atoms. The molecule has 0 fully saturated rings. The van der Waals surface area contributed by atoms with Crippen molar-refractivity contribution in [2.45, 2.75) is 24.3 Å². The number of hydrogen-bond donors (Lipinski definition) is 1. The highest BCUT2D eigenvalue weighted by molar-refractivity contribution is 7.90. The van der Waals surface area contributed by atoms with E-state index in [1.807, 2.05) is 48.5 Å². The molecule has 4 aromatic rings. The molecular weight excluding hydrogens is 452 g/mol. The van der Waals surface area contributed by atoms with Crippen molar-refractivity contribution in [2.24, 2.45) is 0 Å². The number of benzene rings is 3. The normalized spacial score (nSPS) is 11.2. The van der Waals surface area contributed by atoms with Crippen LogP contribution in [0, 0.1) is 0 Å². The Morgan fingerprint density at radius 2 is 1.56 bits per heavy atom. The molecule has 3 aromatic carbocycles. The zero-order valence-electron chi connectivity index (χ0n) is 18.4. The van der Waals surface area contributed by atoms with Crippen LogP contribution in [0.2, 0.25) is 0 Å². The second-order valence-corrected chi connectivity index (χ2v) is 9.23. The minimum atomic E-state index is -3.86. The Labute approximate surface area is 198 Å². The number of aromatic nitrogens is 1. The zero-order valence-corrected chi connectivity index (χ0v) is 19.2. The molecule has 1 heterocycles. The van der Waals surface area contributed by atoms with Gasteiger partial charge < -0.3 is 9.47 Å². The van der Waals surface area contributed by atoms with Crippen molar-refractivity contribution in [1.29, 1.82) is 0 Å². The van der Waals surface area contributed by atoms with Crippen molar-refractivity contribution in [3.63, 3.8) is 0 Å². The molecule has 8 heteroatoms. The highest BCUT2D eigenvalue weighted by Gasteiger charge is 2.16. The number of carbonyl (C=O) groups excluding carboxylic acids is 1. The first kappa shape index (κ1) is 23.3. The Bertz CT molecular complexity index is 1370. The van der Waals surface area contributed by atoms with Crippen LogP contribution >= 0.6 is 0 Å². The summed E-state index contributed by atoms with van der Waals surface area (Å²) in [5.41, 5.74) is 1.74. The smallest absolute Gasteiger partial charge is 0.264 e. The lowest BCUT2D eigenvalue weighted by Gasteiger charge is -2.10. The molecule has 0 spiro atoms. The molecule has 4 rings (SSSR count). The van der Waals surface area contributed by atoms with Gasteiger partial charge in [-0.05, 0) is 42.8 Å². The first-order valence-electron chi connectivity index (χ1n) is 10.8. The van der Waals surface area contributed by atoms with Crippen LogP contribution < -0.4 is 14.2 Å². The minimum absolute atomic E-state index is 0.0237. The second-order valence-electron chi connectivity index (χ2n) is 7.55. The third kappa shape index (κ3) is 6.32. The van der Waals surface area contributed by atoms with Gasteiger partial charge in [0.25, 0.3) is 10.0 Å². The third-order valence-electron chi connectivity index (χ3n) is 4.97. The van der Waals surface area contributed by atoms with Gasteiger partial charge in [-0.15, -0.1) is 0 Å². The van der Waals surface area contributed by atoms with Crippen LogP contribution in [0.15, 0.2) is 95.9 Å². The number of hydrogen-bond acceptors (Lipinski definition) is 6. The van der Waals surface area contributed by atoms with Crippen molar-refractivity contribution >= 4 is 26.8 Å². The molecule has 34 heavy (non-hydrogen) atoms. The molecule has 7 nitrogen and oxygen atoms in total. The summed E-state index contributed by atoms with van der Waals surface area (Å²) in [5, 5.41) is 1.08. The van der Waals surface area contributed by atoms with Gasteiger partial charge in [-0.3, -0.25) is 4.79 Å². The summed E-state index contributed by atoms with van der Waals surface area (Å²) in [6.45, 7) is 0.582. The van der Waals surface area contributed by atoms with Gasteiger partial charge in [0.2, 0.25) is 5.91 Å². The SMILES string of the molecule is O=C(CCCOc1cccc(OCc2ccc3ccccc3n2)c1)NS(=O)(=O)c1ccccc1. The molecule has 0 saturated heterocycles. The van der Waals surface area contributed by atoms with E-state index in [2.05, 4.69) is 9.71 Å². The lowest BCUT2D eigenvalue weighted by Crippen LogP contribution is -2.30. The lowest BCUT2D eigenvalue weighted by molar-refractivity contribution is -0.119. The summed E-state index contributed by atoms with van der Waals surface area (Å²) >= 11 is 0. The maximum Gasteiger partial charge on any atom is 0.264 e. The van der Waals surface area contributed by atoms with Crippen molar-refractivity contribution in [1.82, 2.24) is 9.71 Å². The van der Waals surface area contributed by atoms with Gasteiger partial charge in [0.05, 0.1) is 22.7 Å². The Morgan fingerprint density at radius 1 is 0.824 bits per heavy atom. The fraction of sp³-hybridized carbons (Fsp3) is 0.154. The van der Waals surface area contributed by atoms with E-state index >= 15 is 0 Å². The topological polar surface area (TPSA) is 94.6 Å². The average molecular weight is 477 g/mol. The molecule has 1 aromatic heterocycles. The van der Waals surface area contributed by atoms with Gasteiger partial charge in [-0.2, -0.15) is 0 Å². The van der Waals surface area contributed by atoms with Crippen LogP contribution in [-0.4, -0.2) is 25.9 Å². The molecule has 1 N–H and O–H groups in total. The Kier molecular flexibility index (Phi) is 7.39. The number of para-hydroxylation sites is 1. The van der Waals surface area contributed by atoms with Crippen LogP contribution in [0.3, 0.4) is 0 Å². The van der Waals surface area contributed by atoms with Crippen LogP contribution in [0.25, 0.3) is 10.9 Å². The third-order valence-corrected chi connectivity index (χ3v) is 6.36. The highest BCUT2D eigenvalue weighted by atomic mass is 32.2. The number of amides is 1. The van der Waals surface area contributed by atoms with Crippen LogP contribution in [0.5, 0.6) is 11.5 Å². The second kappa shape index (κ2) is 10.8. The van der Waals surface area contributed by atoms with Gasteiger partial charge >= 0.3 is 0 Å². The summed E-state index contributed by atoms with van der Waals surface area (Å²) in [5.74, 6) is 0.660. The number of ether oxygens (including phenoxy) is 2. The van der Waals surface area contributed by atoms with E-state index in [-0.39, 0.29) is 17.9 Å². The monoisotopic (exact) mass is 476 g/mol. The summed E-state index contributed by atoms with van der Waals surface area (Å²) in [6.07, 6.45) is 0.387. The Balaban J connectivity index is 1.23. The van der Waals surface area contributed by atoms with Crippen LogP contribution in [-0.2, 0) is 21.4 Å². The standard InChI is InChI=1S/C26H24N2O5S/c29-26(28-34(30,31)24-11-2-1-3-12-24)14-7-17-32-22-9-6-10-23(18-22)33-19-21-16-15-20-8-4-5-13-25(20)27-21/h1-6,8-13,15-16,18H,7,14,17,19H2,(H,28,29). The van der Waals surface area contributed by atoms with Crippen molar-refractivity contribution in [3.8, 4) is 11.5 Å². The summed E-state index contributed by atoms with van der Waals surface area (Å²) in [4.78, 5) is 16.7.